The molecule has 0 aromatic rings. The molecule has 1 saturated heterocycles. The van der Waals surface area contributed by atoms with Gasteiger partial charge in [-0.25, -0.2) is 0 Å². The zero-order valence-corrected chi connectivity index (χ0v) is 11.3. The van der Waals surface area contributed by atoms with Crippen molar-refractivity contribution in [1.82, 2.24) is 0 Å². The summed E-state index contributed by atoms with van der Waals surface area (Å²) in [6, 6.07) is -0.0639. The molecule has 18 heavy (non-hydrogen) atoms. The second kappa shape index (κ2) is 6.02. The molecule has 0 amide bonds. The summed E-state index contributed by atoms with van der Waals surface area (Å²) in [6.45, 7) is 3.13. The second-order valence-corrected chi connectivity index (χ2v) is 5.86. The van der Waals surface area contributed by atoms with E-state index in [0.717, 1.165) is 45.1 Å². The van der Waals surface area contributed by atoms with E-state index in [1.54, 1.807) is 0 Å². The van der Waals surface area contributed by atoms with Gasteiger partial charge in [0, 0.05) is 12.6 Å². The lowest BCUT2D eigenvalue weighted by molar-refractivity contribution is -0.163. The lowest BCUT2D eigenvalue weighted by Crippen LogP contribution is -2.48. The maximum Gasteiger partial charge on any atom is 0.313 e. The largest absolute Gasteiger partial charge is 0.462 e. The molecule has 1 saturated carbocycles. The number of nitrogens with two attached hydrogens (primary N) is 1. The van der Waals surface area contributed by atoms with Crippen LogP contribution in [0, 0.1) is 5.41 Å². The Morgan fingerprint density at radius 1 is 1.33 bits per heavy atom. The Labute approximate surface area is 109 Å². The molecular weight excluding hydrogens is 230 g/mol. The van der Waals surface area contributed by atoms with Crippen molar-refractivity contribution in [3.8, 4) is 0 Å². The first-order chi connectivity index (χ1) is 8.63. The summed E-state index contributed by atoms with van der Waals surface area (Å²) in [7, 11) is 0. The van der Waals surface area contributed by atoms with E-state index < -0.39 is 5.41 Å². The van der Waals surface area contributed by atoms with Crippen molar-refractivity contribution in [3.05, 3.63) is 0 Å². The maximum absolute atomic E-state index is 12.2. The molecule has 0 radical (unpaired) electrons. The van der Waals surface area contributed by atoms with Crippen molar-refractivity contribution >= 4 is 5.97 Å². The average molecular weight is 255 g/mol. The molecule has 2 rings (SSSR count). The summed E-state index contributed by atoms with van der Waals surface area (Å²) in [5, 5.41) is 0. The molecule has 2 N–H and O–H groups in total. The molecule has 1 aliphatic carbocycles. The zero-order chi connectivity index (χ0) is 13.0. The van der Waals surface area contributed by atoms with Gasteiger partial charge < -0.3 is 15.2 Å². The van der Waals surface area contributed by atoms with Gasteiger partial charge in [-0.05, 0) is 39.0 Å². The van der Waals surface area contributed by atoms with Gasteiger partial charge in [-0.15, -0.1) is 0 Å². The first-order valence-corrected chi connectivity index (χ1v) is 7.17. The molecule has 0 spiro atoms. The van der Waals surface area contributed by atoms with Crippen LogP contribution in [-0.4, -0.2) is 31.3 Å². The lowest BCUT2D eigenvalue weighted by atomic mass is 9.72. The summed E-state index contributed by atoms with van der Waals surface area (Å²) in [5.74, 6) is -0.135. The van der Waals surface area contributed by atoms with Crippen LogP contribution in [-0.2, 0) is 14.3 Å². The fourth-order valence-electron chi connectivity index (χ4n) is 2.89. The van der Waals surface area contributed by atoms with Gasteiger partial charge in [0.1, 0.15) is 6.61 Å². The molecule has 4 nitrogen and oxygen atoms in total. The van der Waals surface area contributed by atoms with Crippen LogP contribution in [0.25, 0.3) is 0 Å². The molecule has 1 aliphatic heterocycles. The highest BCUT2D eigenvalue weighted by molar-refractivity contribution is 5.77. The highest BCUT2D eigenvalue weighted by Crippen LogP contribution is 2.36. The molecule has 3 atom stereocenters. The molecule has 0 aromatic carbocycles. The highest BCUT2D eigenvalue weighted by atomic mass is 16.6. The quantitative estimate of drug-likeness (QED) is 0.784. The fraction of sp³-hybridized carbons (Fsp3) is 0.929. The number of esters is 1. The van der Waals surface area contributed by atoms with Crippen molar-refractivity contribution < 1.29 is 14.3 Å². The van der Waals surface area contributed by atoms with Gasteiger partial charge in [-0.2, -0.15) is 0 Å². The maximum atomic E-state index is 12.2. The Kier molecular flexibility index (Phi) is 4.62. The van der Waals surface area contributed by atoms with Crippen molar-refractivity contribution in [3.63, 3.8) is 0 Å². The summed E-state index contributed by atoms with van der Waals surface area (Å²) in [4.78, 5) is 12.2. The third-order valence-corrected chi connectivity index (χ3v) is 4.42. The van der Waals surface area contributed by atoms with Crippen LogP contribution in [0.15, 0.2) is 0 Å². The molecule has 1 heterocycles. The van der Waals surface area contributed by atoms with E-state index in [2.05, 4.69) is 0 Å². The SMILES string of the molecule is CC1(C(=O)OCC2CCCCO2)CCCCC1N. The predicted octanol–water partition coefficient (Wildman–Crippen LogP) is 2.01. The highest BCUT2D eigenvalue weighted by Gasteiger charge is 2.42. The third-order valence-electron chi connectivity index (χ3n) is 4.42. The van der Waals surface area contributed by atoms with Gasteiger partial charge in [-0.1, -0.05) is 12.8 Å². The number of carbonyl (C=O) groups is 1. The molecule has 104 valence electrons. The minimum atomic E-state index is -0.493. The lowest BCUT2D eigenvalue weighted by Gasteiger charge is -2.37. The Morgan fingerprint density at radius 2 is 2.11 bits per heavy atom. The van der Waals surface area contributed by atoms with Crippen molar-refractivity contribution in [2.24, 2.45) is 11.1 Å². The summed E-state index contributed by atoms with van der Waals surface area (Å²) in [5.41, 5.74) is 5.60. The molecule has 0 aromatic heterocycles. The van der Waals surface area contributed by atoms with Crippen LogP contribution in [0.5, 0.6) is 0 Å². The average Bonchev–Trinajstić information content (AvgIpc) is 2.40. The van der Waals surface area contributed by atoms with Crippen LogP contribution >= 0.6 is 0 Å². The van der Waals surface area contributed by atoms with Gasteiger partial charge in [-0.3, -0.25) is 4.79 Å². The minimum Gasteiger partial charge on any atom is -0.462 e. The van der Waals surface area contributed by atoms with Crippen LogP contribution in [0.1, 0.15) is 51.9 Å². The van der Waals surface area contributed by atoms with Gasteiger partial charge >= 0.3 is 5.97 Å². The Balaban J connectivity index is 1.82. The Hall–Kier alpha value is -0.610. The van der Waals surface area contributed by atoms with E-state index in [4.69, 9.17) is 15.2 Å². The Morgan fingerprint density at radius 3 is 2.78 bits per heavy atom. The Bertz CT molecular complexity index is 289. The first-order valence-electron chi connectivity index (χ1n) is 7.17. The van der Waals surface area contributed by atoms with Gasteiger partial charge in [0.2, 0.25) is 0 Å². The standard InChI is InChI=1S/C14H25NO3/c1-14(8-4-2-7-12(14)15)13(16)18-10-11-6-3-5-9-17-11/h11-12H,2-10,15H2,1H3. The number of hydrogen-bond donors (Lipinski definition) is 1. The number of ether oxygens (including phenoxy) is 2. The smallest absolute Gasteiger partial charge is 0.313 e. The van der Waals surface area contributed by atoms with Crippen molar-refractivity contribution in [2.75, 3.05) is 13.2 Å². The summed E-state index contributed by atoms with van der Waals surface area (Å²) in [6.07, 6.45) is 7.33. The summed E-state index contributed by atoms with van der Waals surface area (Å²) >= 11 is 0. The topological polar surface area (TPSA) is 61.5 Å². The zero-order valence-electron chi connectivity index (χ0n) is 11.3. The molecule has 2 aliphatic rings. The normalized spacial score (nSPS) is 37.2. The van der Waals surface area contributed by atoms with Crippen LogP contribution < -0.4 is 5.73 Å². The molecule has 2 fully saturated rings. The van der Waals surface area contributed by atoms with Gasteiger partial charge in [0.05, 0.1) is 11.5 Å². The molecule has 3 unspecified atom stereocenters. The van der Waals surface area contributed by atoms with Crippen LogP contribution in [0.2, 0.25) is 0 Å². The monoisotopic (exact) mass is 255 g/mol. The fourth-order valence-corrected chi connectivity index (χ4v) is 2.89. The van der Waals surface area contributed by atoms with Crippen LogP contribution in [0.3, 0.4) is 0 Å². The van der Waals surface area contributed by atoms with Crippen molar-refractivity contribution in [1.29, 1.82) is 0 Å². The number of hydrogen-bond acceptors (Lipinski definition) is 4. The van der Waals surface area contributed by atoms with E-state index in [9.17, 15) is 4.79 Å². The summed E-state index contributed by atoms with van der Waals surface area (Å²) < 4.78 is 11.0. The van der Waals surface area contributed by atoms with E-state index in [0.29, 0.717) is 6.61 Å². The van der Waals surface area contributed by atoms with E-state index in [1.807, 2.05) is 6.92 Å². The van der Waals surface area contributed by atoms with E-state index in [-0.39, 0.29) is 18.1 Å². The minimum absolute atomic E-state index is 0.0639. The van der Waals surface area contributed by atoms with Crippen LogP contribution in [0.4, 0.5) is 0 Å². The molecule has 0 bridgehead atoms. The molecule has 4 heteroatoms. The number of rotatable bonds is 3. The van der Waals surface area contributed by atoms with E-state index >= 15 is 0 Å². The van der Waals surface area contributed by atoms with Crippen molar-refractivity contribution in [2.45, 2.75) is 64.0 Å². The predicted molar refractivity (Wildman–Crippen MR) is 69.1 cm³/mol. The second-order valence-electron chi connectivity index (χ2n) is 5.86. The van der Waals surface area contributed by atoms with Gasteiger partial charge in [0.15, 0.2) is 0 Å². The number of carbonyl (C=O) groups excluding carboxylic acids is 1. The first kappa shape index (κ1) is 13.8. The van der Waals surface area contributed by atoms with E-state index in [1.165, 1.54) is 6.42 Å². The molecular formula is C14H25NO3. The third kappa shape index (κ3) is 3.04. The van der Waals surface area contributed by atoms with Gasteiger partial charge in [0.25, 0.3) is 0 Å².